The Morgan fingerprint density at radius 2 is 1.83 bits per heavy atom. The second-order valence-corrected chi connectivity index (χ2v) is 6.44. The number of rotatable bonds is 4. The monoisotopic (exact) mass is 316 g/mol. The molecular weight excluding hydrogens is 296 g/mol. The van der Waals surface area contributed by atoms with Gasteiger partial charge in [0.25, 0.3) is 5.91 Å². The second-order valence-electron chi connectivity index (χ2n) is 6.44. The quantitative estimate of drug-likeness (QED) is 0.905. The fraction of sp³-hybridized carbons (Fsp3) is 0.353. The minimum Gasteiger partial charge on any atom is -0.480 e. The van der Waals surface area contributed by atoms with E-state index in [0.717, 1.165) is 5.56 Å². The number of nitrogens with zero attached hydrogens (tertiary/aromatic N) is 1. The third-order valence-electron chi connectivity index (χ3n) is 3.50. The third-order valence-corrected chi connectivity index (χ3v) is 3.50. The average molecular weight is 316 g/mol. The van der Waals surface area contributed by atoms with Crippen molar-refractivity contribution < 1.29 is 19.2 Å². The Balaban J connectivity index is 2.16. The van der Waals surface area contributed by atoms with Crippen LogP contribution in [0.15, 0.2) is 34.9 Å². The van der Waals surface area contributed by atoms with Crippen LogP contribution in [0.5, 0.6) is 0 Å². The lowest BCUT2D eigenvalue weighted by Crippen LogP contribution is -2.38. The van der Waals surface area contributed by atoms with Crippen molar-refractivity contribution in [2.75, 3.05) is 0 Å². The summed E-state index contributed by atoms with van der Waals surface area (Å²) in [6, 6.07) is 8.35. The van der Waals surface area contributed by atoms with Crippen LogP contribution < -0.4 is 5.32 Å². The Bertz CT molecular complexity index is 711. The summed E-state index contributed by atoms with van der Waals surface area (Å²) >= 11 is 0. The van der Waals surface area contributed by atoms with E-state index in [1.807, 2.05) is 24.3 Å². The fourth-order valence-corrected chi connectivity index (χ4v) is 1.99. The van der Waals surface area contributed by atoms with Crippen molar-refractivity contribution in [2.24, 2.45) is 0 Å². The molecule has 122 valence electrons. The average Bonchev–Trinajstić information content (AvgIpc) is 2.96. The number of aliphatic carboxylic acids is 1. The minimum absolute atomic E-state index is 0.0204. The SMILES string of the molecule is C[C@H](NC(=O)c1cc(-c2ccc(C(C)(C)C)cc2)no1)C(=O)O. The molecular formula is C17H20N2O4. The van der Waals surface area contributed by atoms with Gasteiger partial charge in [0, 0.05) is 11.6 Å². The molecule has 6 nitrogen and oxygen atoms in total. The highest BCUT2D eigenvalue weighted by atomic mass is 16.5. The lowest BCUT2D eigenvalue weighted by atomic mass is 9.86. The molecule has 0 fully saturated rings. The summed E-state index contributed by atoms with van der Waals surface area (Å²) < 4.78 is 5.00. The van der Waals surface area contributed by atoms with E-state index in [4.69, 9.17) is 9.63 Å². The van der Waals surface area contributed by atoms with Gasteiger partial charge in [0.05, 0.1) is 0 Å². The van der Waals surface area contributed by atoms with Gasteiger partial charge in [0.2, 0.25) is 5.76 Å². The topological polar surface area (TPSA) is 92.4 Å². The standard InChI is InChI=1S/C17H20N2O4/c1-10(16(21)22)18-15(20)14-9-13(19-23-14)11-5-7-12(8-6-11)17(2,3)4/h5-10H,1-4H3,(H,18,20)(H,21,22)/t10-/m0/s1. The van der Waals surface area contributed by atoms with Gasteiger partial charge < -0.3 is 14.9 Å². The van der Waals surface area contributed by atoms with E-state index in [-0.39, 0.29) is 11.2 Å². The maximum absolute atomic E-state index is 11.9. The summed E-state index contributed by atoms with van der Waals surface area (Å²) in [6.07, 6.45) is 0. The Morgan fingerprint density at radius 3 is 2.35 bits per heavy atom. The number of hydrogen-bond donors (Lipinski definition) is 2. The predicted octanol–water partition coefficient (Wildman–Crippen LogP) is 2.84. The van der Waals surface area contributed by atoms with Crippen molar-refractivity contribution in [1.82, 2.24) is 10.5 Å². The molecule has 2 aromatic rings. The van der Waals surface area contributed by atoms with E-state index >= 15 is 0 Å². The fourth-order valence-electron chi connectivity index (χ4n) is 1.99. The molecule has 0 bridgehead atoms. The van der Waals surface area contributed by atoms with E-state index in [2.05, 4.69) is 31.2 Å². The van der Waals surface area contributed by atoms with Gasteiger partial charge >= 0.3 is 5.97 Å². The molecule has 1 heterocycles. The van der Waals surface area contributed by atoms with Crippen LogP contribution >= 0.6 is 0 Å². The molecule has 0 aliphatic heterocycles. The first-order valence-electron chi connectivity index (χ1n) is 7.30. The maximum Gasteiger partial charge on any atom is 0.325 e. The molecule has 0 radical (unpaired) electrons. The Labute approximate surface area is 134 Å². The number of carbonyl (C=O) groups is 2. The van der Waals surface area contributed by atoms with E-state index in [9.17, 15) is 9.59 Å². The molecule has 0 saturated heterocycles. The zero-order chi connectivity index (χ0) is 17.2. The molecule has 2 rings (SSSR count). The molecule has 23 heavy (non-hydrogen) atoms. The summed E-state index contributed by atoms with van der Waals surface area (Å²) in [4.78, 5) is 22.6. The predicted molar refractivity (Wildman–Crippen MR) is 85.2 cm³/mol. The molecule has 1 amide bonds. The van der Waals surface area contributed by atoms with Crippen molar-refractivity contribution in [1.29, 1.82) is 0 Å². The van der Waals surface area contributed by atoms with Crippen molar-refractivity contribution in [3.05, 3.63) is 41.7 Å². The van der Waals surface area contributed by atoms with Crippen LogP contribution in [0, 0.1) is 0 Å². The smallest absolute Gasteiger partial charge is 0.325 e. The number of hydrogen-bond acceptors (Lipinski definition) is 4. The first-order chi connectivity index (χ1) is 10.7. The highest BCUT2D eigenvalue weighted by molar-refractivity contribution is 5.94. The van der Waals surface area contributed by atoms with Gasteiger partial charge in [0.15, 0.2) is 0 Å². The number of aromatic nitrogens is 1. The van der Waals surface area contributed by atoms with Gasteiger partial charge in [0.1, 0.15) is 11.7 Å². The summed E-state index contributed by atoms with van der Waals surface area (Å²) in [5, 5.41) is 15.0. The number of carbonyl (C=O) groups excluding carboxylic acids is 1. The van der Waals surface area contributed by atoms with Gasteiger partial charge in [-0.1, -0.05) is 50.2 Å². The van der Waals surface area contributed by atoms with E-state index in [0.29, 0.717) is 5.69 Å². The van der Waals surface area contributed by atoms with Crippen LogP contribution in [0.4, 0.5) is 0 Å². The van der Waals surface area contributed by atoms with Gasteiger partial charge in [-0.05, 0) is 17.9 Å². The molecule has 1 atom stereocenters. The number of carboxylic acid groups (broad SMARTS) is 1. The molecule has 0 saturated carbocycles. The zero-order valence-electron chi connectivity index (χ0n) is 13.6. The molecule has 0 unspecified atom stereocenters. The highest BCUT2D eigenvalue weighted by Crippen LogP contribution is 2.26. The van der Waals surface area contributed by atoms with Gasteiger partial charge in [-0.25, -0.2) is 0 Å². The van der Waals surface area contributed by atoms with Crippen LogP contribution in [0.1, 0.15) is 43.8 Å². The third kappa shape index (κ3) is 3.97. The zero-order valence-corrected chi connectivity index (χ0v) is 13.6. The molecule has 6 heteroatoms. The molecule has 0 spiro atoms. The van der Waals surface area contributed by atoms with Crippen LogP contribution in [0.3, 0.4) is 0 Å². The highest BCUT2D eigenvalue weighted by Gasteiger charge is 2.20. The van der Waals surface area contributed by atoms with Crippen molar-refractivity contribution in [2.45, 2.75) is 39.2 Å². The molecule has 0 aliphatic carbocycles. The van der Waals surface area contributed by atoms with Crippen LogP contribution in [-0.4, -0.2) is 28.2 Å². The number of amides is 1. The van der Waals surface area contributed by atoms with Crippen LogP contribution in [0.25, 0.3) is 11.3 Å². The number of nitrogens with one attached hydrogen (secondary N) is 1. The second kappa shape index (κ2) is 6.24. The summed E-state index contributed by atoms with van der Waals surface area (Å²) in [7, 11) is 0. The molecule has 1 aromatic carbocycles. The number of benzene rings is 1. The Kier molecular flexibility index (Phi) is 4.54. The first-order valence-corrected chi connectivity index (χ1v) is 7.30. The van der Waals surface area contributed by atoms with Crippen molar-refractivity contribution in [3.63, 3.8) is 0 Å². The molecule has 1 aromatic heterocycles. The van der Waals surface area contributed by atoms with Gasteiger partial charge in [-0.15, -0.1) is 0 Å². The van der Waals surface area contributed by atoms with Crippen LogP contribution in [-0.2, 0) is 10.2 Å². The molecule has 2 N–H and O–H groups in total. The maximum atomic E-state index is 11.9. The van der Waals surface area contributed by atoms with E-state index < -0.39 is 17.9 Å². The summed E-state index contributed by atoms with van der Waals surface area (Å²) in [5.41, 5.74) is 2.60. The van der Waals surface area contributed by atoms with Crippen molar-refractivity contribution >= 4 is 11.9 Å². The largest absolute Gasteiger partial charge is 0.480 e. The van der Waals surface area contributed by atoms with Gasteiger partial charge in [-0.3, -0.25) is 9.59 Å². The summed E-state index contributed by atoms with van der Waals surface area (Å²) in [5.74, 6) is -1.74. The van der Waals surface area contributed by atoms with Gasteiger partial charge in [-0.2, -0.15) is 0 Å². The lowest BCUT2D eigenvalue weighted by molar-refractivity contribution is -0.138. The summed E-state index contributed by atoms with van der Waals surface area (Å²) in [6.45, 7) is 7.77. The molecule has 0 aliphatic rings. The minimum atomic E-state index is -1.11. The normalized spacial score (nSPS) is 12.7. The first kappa shape index (κ1) is 16.7. The van der Waals surface area contributed by atoms with E-state index in [1.165, 1.54) is 18.6 Å². The number of carboxylic acids is 1. The van der Waals surface area contributed by atoms with Crippen LogP contribution in [0.2, 0.25) is 0 Å². The lowest BCUT2D eigenvalue weighted by Gasteiger charge is -2.18. The van der Waals surface area contributed by atoms with E-state index in [1.54, 1.807) is 0 Å². The Hall–Kier alpha value is -2.63. The Morgan fingerprint density at radius 1 is 1.22 bits per heavy atom. The van der Waals surface area contributed by atoms with Crippen molar-refractivity contribution in [3.8, 4) is 11.3 Å².